The molecular formula is C15H27NO3. The van der Waals surface area contributed by atoms with E-state index in [2.05, 4.69) is 5.32 Å². The Labute approximate surface area is 115 Å². The number of aliphatic hydroxyl groups excluding tert-OH is 1. The zero-order valence-electron chi connectivity index (χ0n) is 11.8. The summed E-state index contributed by atoms with van der Waals surface area (Å²) in [6, 6.07) is 0. The average molecular weight is 269 g/mol. The number of rotatable bonds is 6. The molecule has 1 saturated carbocycles. The van der Waals surface area contributed by atoms with Crippen LogP contribution in [0.5, 0.6) is 0 Å². The number of amides is 1. The normalized spacial score (nSPS) is 26.3. The third kappa shape index (κ3) is 4.46. The van der Waals surface area contributed by atoms with Gasteiger partial charge >= 0.3 is 0 Å². The number of hydrogen-bond acceptors (Lipinski definition) is 3. The van der Waals surface area contributed by atoms with Gasteiger partial charge in [-0.3, -0.25) is 4.79 Å². The predicted octanol–water partition coefficient (Wildman–Crippen LogP) is 2.00. The van der Waals surface area contributed by atoms with E-state index in [0.29, 0.717) is 13.0 Å². The monoisotopic (exact) mass is 269 g/mol. The van der Waals surface area contributed by atoms with Gasteiger partial charge in [0.15, 0.2) is 0 Å². The van der Waals surface area contributed by atoms with E-state index in [-0.39, 0.29) is 24.0 Å². The Hall–Kier alpha value is -0.610. The highest BCUT2D eigenvalue weighted by atomic mass is 16.5. The number of hydrogen-bond donors (Lipinski definition) is 2. The summed E-state index contributed by atoms with van der Waals surface area (Å²) in [6.07, 6.45) is 9.56. The van der Waals surface area contributed by atoms with Gasteiger partial charge in [0, 0.05) is 25.0 Å². The van der Waals surface area contributed by atoms with E-state index in [1.807, 2.05) is 0 Å². The predicted molar refractivity (Wildman–Crippen MR) is 73.8 cm³/mol. The lowest BCUT2D eigenvalue weighted by Gasteiger charge is -2.35. The molecule has 4 heteroatoms. The van der Waals surface area contributed by atoms with Crippen LogP contribution in [0.1, 0.15) is 57.8 Å². The molecule has 110 valence electrons. The second-order valence-electron chi connectivity index (χ2n) is 6.17. The molecule has 0 aromatic rings. The summed E-state index contributed by atoms with van der Waals surface area (Å²) < 4.78 is 5.52. The van der Waals surface area contributed by atoms with E-state index >= 15 is 0 Å². The molecule has 1 aliphatic carbocycles. The molecule has 0 bridgehead atoms. The summed E-state index contributed by atoms with van der Waals surface area (Å²) in [5.41, 5.74) is -0.0578. The topological polar surface area (TPSA) is 58.6 Å². The fourth-order valence-corrected chi connectivity index (χ4v) is 3.23. The lowest BCUT2D eigenvalue weighted by Crippen LogP contribution is -2.41. The first-order valence-corrected chi connectivity index (χ1v) is 7.73. The minimum Gasteiger partial charge on any atom is -0.396 e. The number of carbonyl (C=O) groups excluding carboxylic acids is 1. The number of ether oxygens (including phenoxy) is 1. The molecule has 2 fully saturated rings. The van der Waals surface area contributed by atoms with Crippen molar-refractivity contribution in [3.8, 4) is 0 Å². The van der Waals surface area contributed by atoms with Gasteiger partial charge in [0.05, 0.1) is 12.7 Å². The van der Waals surface area contributed by atoms with Crippen molar-refractivity contribution < 1.29 is 14.6 Å². The van der Waals surface area contributed by atoms with Gasteiger partial charge in [-0.1, -0.05) is 19.3 Å². The molecule has 0 aromatic heterocycles. The van der Waals surface area contributed by atoms with E-state index in [0.717, 1.165) is 38.7 Å². The van der Waals surface area contributed by atoms with E-state index in [1.54, 1.807) is 0 Å². The maximum Gasteiger partial charge on any atom is 0.220 e. The molecule has 1 unspecified atom stereocenters. The SMILES string of the molecule is O=C(CCC1CCCO1)NCC1(CO)CCCCC1. The first kappa shape index (κ1) is 14.8. The van der Waals surface area contributed by atoms with Crippen LogP contribution in [0, 0.1) is 5.41 Å². The van der Waals surface area contributed by atoms with Crippen LogP contribution < -0.4 is 5.32 Å². The average Bonchev–Trinajstić information content (AvgIpc) is 2.97. The minimum absolute atomic E-state index is 0.0578. The Balaban J connectivity index is 1.66. The van der Waals surface area contributed by atoms with Gasteiger partial charge in [0.1, 0.15) is 0 Å². The highest BCUT2D eigenvalue weighted by Gasteiger charge is 2.31. The molecule has 2 rings (SSSR count). The third-order valence-electron chi connectivity index (χ3n) is 4.63. The van der Waals surface area contributed by atoms with Crippen LogP contribution in [0.3, 0.4) is 0 Å². The summed E-state index contributed by atoms with van der Waals surface area (Å²) in [5, 5.41) is 12.6. The van der Waals surface area contributed by atoms with Crippen molar-refractivity contribution in [2.24, 2.45) is 5.41 Å². The van der Waals surface area contributed by atoms with Crippen LogP contribution in [0.2, 0.25) is 0 Å². The Morgan fingerprint density at radius 2 is 2.05 bits per heavy atom. The maximum absolute atomic E-state index is 11.9. The molecule has 1 heterocycles. The molecule has 1 saturated heterocycles. The third-order valence-corrected chi connectivity index (χ3v) is 4.63. The first-order valence-electron chi connectivity index (χ1n) is 7.73. The molecule has 1 amide bonds. The number of nitrogens with one attached hydrogen (secondary N) is 1. The number of carbonyl (C=O) groups is 1. The van der Waals surface area contributed by atoms with Crippen LogP contribution in [0.4, 0.5) is 0 Å². The van der Waals surface area contributed by atoms with Gasteiger partial charge in [-0.05, 0) is 32.1 Å². The van der Waals surface area contributed by atoms with E-state index in [4.69, 9.17) is 4.74 Å². The fraction of sp³-hybridized carbons (Fsp3) is 0.933. The number of aliphatic hydroxyl groups is 1. The molecule has 0 radical (unpaired) electrons. The Morgan fingerprint density at radius 1 is 1.26 bits per heavy atom. The van der Waals surface area contributed by atoms with Crippen molar-refractivity contribution in [3.05, 3.63) is 0 Å². The standard InChI is InChI=1S/C15H27NO3/c17-12-15(8-2-1-3-9-15)11-16-14(18)7-6-13-5-4-10-19-13/h13,17H,1-12H2,(H,16,18). The molecule has 19 heavy (non-hydrogen) atoms. The maximum atomic E-state index is 11.9. The van der Waals surface area contributed by atoms with Crippen molar-refractivity contribution in [1.82, 2.24) is 5.32 Å². The summed E-state index contributed by atoms with van der Waals surface area (Å²) >= 11 is 0. The second kappa shape index (κ2) is 7.25. The van der Waals surface area contributed by atoms with Crippen molar-refractivity contribution in [2.75, 3.05) is 19.8 Å². The van der Waals surface area contributed by atoms with Crippen LogP contribution in [-0.2, 0) is 9.53 Å². The molecule has 0 aromatic carbocycles. The lowest BCUT2D eigenvalue weighted by molar-refractivity contribution is -0.122. The molecule has 2 aliphatic rings. The van der Waals surface area contributed by atoms with E-state index in [9.17, 15) is 9.90 Å². The molecular weight excluding hydrogens is 242 g/mol. The van der Waals surface area contributed by atoms with Crippen LogP contribution in [0.15, 0.2) is 0 Å². The van der Waals surface area contributed by atoms with Crippen LogP contribution in [0.25, 0.3) is 0 Å². The van der Waals surface area contributed by atoms with E-state index < -0.39 is 0 Å². The molecule has 0 spiro atoms. The zero-order valence-corrected chi connectivity index (χ0v) is 11.8. The van der Waals surface area contributed by atoms with Gasteiger partial charge in [0.2, 0.25) is 5.91 Å². The van der Waals surface area contributed by atoms with Gasteiger partial charge in [-0.2, -0.15) is 0 Å². The second-order valence-corrected chi connectivity index (χ2v) is 6.17. The molecule has 1 aliphatic heterocycles. The van der Waals surface area contributed by atoms with Crippen LogP contribution >= 0.6 is 0 Å². The van der Waals surface area contributed by atoms with Gasteiger partial charge in [-0.15, -0.1) is 0 Å². The van der Waals surface area contributed by atoms with Gasteiger partial charge < -0.3 is 15.2 Å². The van der Waals surface area contributed by atoms with Crippen molar-refractivity contribution >= 4 is 5.91 Å². The lowest BCUT2D eigenvalue weighted by atomic mass is 9.74. The highest BCUT2D eigenvalue weighted by Crippen LogP contribution is 2.35. The van der Waals surface area contributed by atoms with Crippen molar-refractivity contribution in [1.29, 1.82) is 0 Å². The molecule has 1 atom stereocenters. The van der Waals surface area contributed by atoms with Crippen LogP contribution in [-0.4, -0.2) is 36.9 Å². The Bertz CT molecular complexity index is 281. The summed E-state index contributed by atoms with van der Waals surface area (Å²) in [7, 11) is 0. The smallest absolute Gasteiger partial charge is 0.220 e. The van der Waals surface area contributed by atoms with Crippen molar-refractivity contribution in [2.45, 2.75) is 63.9 Å². The zero-order chi connectivity index (χ0) is 13.6. The summed E-state index contributed by atoms with van der Waals surface area (Å²) in [6.45, 7) is 1.67. The summed E-state index contributed by atoms with van der Waals surface area (Å²) in [5.74, 6) is 0.105. The minimum atomic E-state index is -0.0578. The van der Waals surface area contributed by atoms with Gasteiger partial charge in [0.25, 0.3) is 0 Å². The van der Waals surface area contributed by atoms with E-state index in [1.165, 1.54) is 19.3 Å². The van der Waals surface area contributed by atoms with Crippen molar-refractivity contribution in [3.63, 3.8) is 0 Å². The summed E-state index contributed by atoms with van der Waals surface area (Å²) in [4.78, 5) is 11.9. The highest BCUT2D eigenvalue weighted by molar-refractivity contribution is 5.75. The molecule has 2 N–H and O–H groups in total. The fourth-order valence-electron chi connectivity index (χ4n) is 3.23. The Morgan fingerprint density at radius 3 is 2.68 bits per heavy atom. The largest absolute Gasteiger partial charge is 0.396 e. The first-order chi connectivity index (χ1) is 9.24. The van der Waals surface area contributed by atoms with Gasteiger partial charge in [-0.25, -0.2) is 0 Å². The Kier molecular flexibility index (Phi) is 5.64. The molecule has 4 nitrogen and oxygen atoms in total. The quantitative estimate of drug-likeness (QED) is 0.775.